The Morgan fingerprint density at radius 1 is 0.931 bits per heavy atom. The van der Waals surface area contributed by atoms with Crippen LogP contribution in [-0.4, -0.2) is 43.4 Å². The molecule has 154 valence electrons. The summed E-state index contributed by atoms with van der Waals surface area (Å²) < 4.78 is 4.67. The summed E-state index contributed by atoms with van der Waals surface area (Å²) in [7, 11) is 3.00. The van der Waals surface area contributed by atoms with Gasteiger partial charge in [-0.25, -0.2) is 4.79 Å². The van der Waals surface area contributed by atoms with E-state index in [-0.39, 0.29) is 23.8 Å². The maximum absolute atomic E-state index is 12.3. The summed E-state index contributed by atoms with van der Waals surface area (Å²) in [6, 6.07) is 14.3. The molecule has 0 saturated heterocycles. The van der Waals surface area contributed by atoms with E-state index in [1.807, 2.05) is 12.1 Å². The first-order valence-corrected chi connectivity index (χ1v) is 9.42. The first-order valence-electron chi connectivity index (χ1n) is 9.42. The molecular formula is C23H28N2O4. The van der Waals surface area contributed by atoms with Gasteiger partial charge in [0, 0.05) is 19.2 Å². The second-order valence-corrected chi connectivity index (χ2v) is 7.95. The van der Waals surface area contributed by atoms with Gasteiger partial charge in [-0.1, -0.05) is 45.0 Å². The Morgan fingerprint density at radius 2 is 1.48 bits per heavy atom. The number of rotatable bonds is 6. The zero-order valence-electron chi connectivity index (χ0n) is 17.6. The van der Waals surface area contributed by atoms with E-state index in [2.05, 4.69) is 30.8 Å². The molecule has 0 unspecified atom stereocenters. The van der Waals surface area contributed by atoms with E-state index in [1.54, 1.807) is 43.4 Å². The fraction of sp³-hybridized carbons (Fsp3) is 0.348. The van der Waals surface area contributed by atoms with E-state index in [4.69, 9.17) is 0 Å². The molecule has 0 radical (unpaired) electrons. The van der Waals surface area contributed by atoms with Gasteiger partial charge in [-0.05, 0) is 40.8 Å². The van der Waals surface area contributed by atoms with Crippen molar-refractivity contribution < 1.29 is 19.1 Å². The molecule has 2 rings (SSSR count). The molecule has 2 aromatic rings. The number of likely N-dealkylation sites (N-methyl/N-ethyl adjacent to an activating group) is 1. The van der Waals surface area contributed by atoms with Crippen LogP contribution >= 0.6 is 0 Å². The van der Waals surface area contributed by atoms with Gasteiger partial charge in [-0.2, -0.15) is 0 Å². The number of carbonyl (C=O) groups excluding carboxylic acids is 3. The number of hydrogen-bond acceptors (Lipinski definition) is 4. The van der Waals surface area contributed by atoms with Gasteiger partial charge >= 0.3 is 5.97 Å². The molecule has 0 aliphatic carbocycles. The summed E-state index contributed by atoms with van der Waals surface area (Å²) in [5, 5.41) is 2.66. The minimum Gasteiger partial charge on any atom is -0.465 e. The van der Waals surface area contributed by atoms with Crippen molar-refractivity contribution in [2.24, 2.45) is 0 Å². The predicted molar refractivity (Wildman–Crippen MR) is 112 cm³/mol. The van der Waals surface area contributed by atoms with Crippen molar-refractivity contribution in [3.63, 3.8) is 0 Å². The van der Waals surface area contributed by atoms with Gasteiger partial charge in [0.25, 0.3) is 5.91 Å². The molecule has 2 aromatic carbocycles. The van der Waals surface area contributed by atoms with Crippen molar-refractivity contribution in [2.75, 3.05) is 20.7 Å². The van der Waals surface area contributed by atoms with E-state index in [0.717, 1.165) is 11.1 Å². The molecule has 0 heterocycles. The number of esters is 1. The van der Waals surface area contributed by atoms with E-state index < -0.39 is 5.97 Å². The largest absolute Gasteiger partial charge is 0.465 e. The summed E-state index contributed by atoms with van der Waals surface area (Å²) in [5.74, 6) is -0.893. The Balaban J connectivity index is 1.87. The van der Waals surface area contributed by atoms with Crippen molar-refractivity contribution in [3.05, 3.63) is 70.8 Å². The highest BCUT2D eigenvalue weighted by Crippen LogP contribution is 2.22. The zero-order valence-corrected chi connectivity index (χ0v) is 17.6. The number of hydrogen-bond donors (Lipinski definition) is 1. The molecule has 6 nitrogen and oxygen atoms in total. The van der Waals surface area contributed by atoms with E-state index in [9.17, 15) is 14.4 Å². The second-order valence-electron chi connectivity index (χ2n) is 7.95. The minimum atomic E-state index is -0.403. The van der Waals surface area contributed by atoms with Crippen LogP contribution in [0.1, 0.15) is 52.6 Å². The number of nitrogens with zero attached hydrogens (tertiary/aromatic N) is 1. The van der Waals surface area contributed by atoms with Crippen LogP contribution in [0.5, 0.6) is 0 Å². The molecule has 0 aromatic heterocycles. The molecule has 0 fully saturated rings. The third-order valence-electron chi connectivity index (χ3n) is 4.63. The lowest BCUT2D eigenvalue weighted by atomic mass is 9.87. The molecule has 0 atom stereocenters. The van der Waals surface area contributed by atoms with Gasteiger partial charge in [0.1, 0.15) is 0 Å². The summed E-state index contributed by atoms with van der Waals surface area (Å²) in [6.45, 7) is 6.62. The van der Waals surface area contributed by atoms with Crippen LogP contribution in [0.15, 0.2) is 48.5 Å². The van der Waals surface area contributed by atoms with Crippen LogP contribution < -0.4 is 5.32 Å². The highest BCUT2D eigenvalue weighted by Gasteiger charge is 2.16. The van der Waals surface area contributed by atoms with Crippen molar-refractivity contribution in [1.82, 2.24) is 10.2 Å². The molecule has 0 aliphatic rings. The molecule has 1 N–H and O–H groups in total. The van der Waals surface area contributed by atoms with Gasteiger partial charge in [-0.3, -0.25) is 9.59 Å². The molecule has 0 spiro atoms. The highest BCUT2D eigenvalue weighted by atomic mass is 16.5. The molecule has 6 heteroatoms. The first-order chi connectivity index (χ1) is 13.6. The van der Waals surface area contributed by atoms with Crippen LogP contribution in [0.2, 0.25) is 0 Å². The van der Waals surface area contributed by atoms with Gasteiger partial charge in [-0.15, -0.1) is 0 Å². The maximum atomic E-state index is 12.3. The van der Waals surface area contributed by atoms with Gasteiger partial charge in [0.15, 0.2) is 0 Å². The molecule has 0 bridgehead atoms. The quantitative estimate of drug-likeness (QED) is 0.761. The number of ether oxygens (including phenoxy) is 1. The Labute approximate surface area is 171 Å². The van der Waals surface area contributed by atoms with E-state index in [1.165, 1.54) is 12.0 Å². The smallest absolute Gasteiger partial charge is 0.337 e. The summed E-state index contributed by atoms with van der Waals surface area (Å²) in [6.07, 6.45) is 0. The Hall–Kier alpha value is -3.15. The standard InChI is InChI=1S/C23H28N2O4/c1-23(2,3)19-12-10-17(11-13-19)21(27)24-14-20(26)25(4)15-16-6-8-18(9-7-16)22(28)29-5/h6-13H,14-15H2,1-5H3,(H,24,27). The van der Waals surface area contributed by atoms with Gasteiger partial charge in [0.2, 0.25) is 5.91 Å². The Bertz CT molecular complexity index is 865. The van der Waals surface area contributed by atoms with E-state index >= 15 is 0 Å². The normalized spacial score (nSPS) is 10.9. The number of amides is 2. The average Bonchev–Trinajstić information content (AvgIpc) is 2.71. The van der Waals surface area contributed by atoms with Crippen molar-refractivity contribution in [2.45, 2.75) is 32.7 Å². The number of nitrogens with one attached hydrogen (secondary N) is 1. The molecule has 2 amide bonds. The number of benzene rings is 2. The monoisotopic (exact) mass is 396 g/mol. The summed E-state index contributed by atoms with van der Waals surface area (Å²) >= 11 is 0. The van der Waals surface area contributed by atoms with Crippen molar-refractivity contribution >= 4 is 17.8 Å². The van der Waals surface area contributed by atoms with Gasteiger partial charge in [0.05, 0.1) is 19.2 Å². The van der Waals surface area contributed by atoms with Crippen LogP contribution in [0.3, 0.4) is 0 Å². The summed E-state index contributed by atoms with van der Waals surface area (Å²) in [5.41, 5.74) is 3.01. The number of methoxy groups -OCH3 is 1. The predicted octanol–water partition coefficient (Wildman–Crippen LogP) is 3.16. The van der Waals surface area contributed by atoms with Crippen LogP contribution in [0.4, 0.5) is 0 Å². The lowest BCUT2D eigenvalue weighted by Gasteiger charge is -2.19. The fourth-order valence-corrected chi connectivity index (χ4v) is 2.74. The van der Waals surface area contributed by atoms with E-state index in [0.29, 0.717) is 17.7 Å². The first kappa shape index (κ1) is 22.1. The lowest BCUT2D eigenvalue weighted by molar-refractivity contribution is -0.129. The topological polar surface area (TPSA) is 75.7 Å². The average molecular weight is 396 g/mol. The fourth-order valence-electron chi connectivity index (χ4n) is 2.74. The molecule has 0 saturated carbocycles. The molecule has 0 aliphatic heterocycles. The third-order valence-corrected chi connectivity index (χ3v) is 4.63. The van der Waals surface area contributed by atoms with Crippen LogP contribution in [-0.2, 0) is 21.5 Å². The SMILES string of the molecule is COC(=O)c1ccc(CN(C)C(=O)CNC(=O)c2ccc(C(C)(C)C)cc2)cc1. The Kier molecular flexibility index (Phi) is 7.15. The second kappa shape index (κ2) is 9.37. The van der Waals surface area contributed by atoms with Crippen molar-refractivity contribution in [3.8, 4) is 0 Å². The van der Waals surface area contributed by atoms with Crippen molar-refractivity contribution in [1.29, 1.82) is 0 Å². The van der Waals surface area contributed by atoms with Gasteiger partial charge < -0.3 is 15.0 Å². The highest BCUT2D eigenvalue weighted by molar-refractivity contribution is 5.96. The number of carbonyl (C=O) groups is 3. The molecule has 29 heavy (non-hydrogen) atoms. The maximum Gasteiger partial charge on any atom is 0.337 e. The summed E-state index contributed by atoms with van der Waals surface area (Å²) in [4.78, 5) is 37.6. The molecular weight excluding hydrogens is 368 g/mol. The Morgan fingerprint density at radius 3 is 2.00 bits per heavy atom. The zero-order chi connectivity index (χ0) is 21.6. The minimum absolute atomic E-state index is 0.0166. The van der Waals surface area contributed by atoms with Crippen LogP contribution in [0, 0.1) is 0 Å². The lowest BCUT2D eigenvalue weighted by Crippen LogP contribution is -2.37. The van der Waals surface area contributed by atoms with Crippen LogP contribution in [0.25, 0.3) is 0 Å². The third kappa shape index (κ3) is 6.17.